The van der Waals surface area contributed by atoms with E-state index in [0.717, 1.165) is 19.6 Å². The number of aryl methyl sites for hydroxylation is 2. The topological polar surface area (TPSA) is 58.4 Å². The third-order valence-corrected chi connectivity index (χ3v) is 4.13. The maximum atomic E-state index is 12.5. The predicted molar refractivity (Wildman–Crippen MR) is 66.4 cm³/mol. The summed E-state index contributed by atoms with van der Waals surface area (Å²) in [6.45, 7) is 6.38. The van der Waals surface area contributed by atoms with Gasteiger partial charge < -0.3 is 14.7 Å². The SMILES string of the molecule is Cc1noc(C)c1C(=O)N1C[C@@H]2CCCN[C@@H]2C1. The number of rotatable bonds is 1. The lowest BCUT2D eigenvalue weighted by atomic mass is 9.94. The average Bonchev–Trinajstić information content (AvgIpc) is 2.92. The zero-order valence-corrected chi connectivity index (χ0v) is 10.9. The van der Waals surface area contributed by atoms with Crippen molar-refractivity contribution in [1.82, 2.24) is 15.4 Å². The third kappa shape index (κ3) is 1.82. The summed E-state index contributed by atoms with van der Waals surface area (Å²) in [6, 6.07) is 0.475. The van der Waals surface area contributed by atoms with E-state index < -0.39 is 0 Å². The Bertz CT molecular complexity index is 435. The molecule has 2 aliphatic rings. The van der Waals surface area contributed by atoms with Crippen LogP contribution in [-0.2, 0) is 0 Å². The number of carbonyl (C=O) groups is 1. The van der Waals surface area contributed by atoms with Crippen LogP contribution >= 0.6 is 0 Å². The van der Waals surface area contributed by atoms with Gasteiger partial charge in [0.1, 0.15) is 11.3 Å². The molecule has 1 amide bonds. The number of likely N-dealkylation sites (tertiary alicyclic amines) is 1. The molecule has 1 aromatic rings. The first kappa shape index (κ1) is 11.7. The van der Waals surface area contributed by atoms with Crippen molar-refractivity contribution >= 4 is 5.91 Å². The minimum Gasteiger partial charge on any atom is -0.361 e. The average molecular weight is 249 g/mol. The number of hydrogen-bond acceptors (Lipinski definition) is 4. The summed E-state index contributed by atoms with van der Waals surface area (Å²) < 4.78 is 5.08. The summed E-state index contributed by atoms with van der Waals surface area (Å²) in [6.07, 6.45) is 2.44. The predicted octanol–water partition coefficient (Wildman–Crippen LogP) is 1.12. The molecule has 0 bridgehead atoms. The molecule has 5 heteroatoms. The van der Waals surface area contributed by atoms with Crippen LogP contribution < -0.4 is 5.32 Å². The molecule has 3 heterocycles. The van der Waals surface area contributed by atoms with Crippen LogP contribution in [-0.4, -0.2) is 41.6 Å². The van der Waals surface area contributed by atoms with Crippen LogP contribution in [0.2, 0.25) is 0 Å². The van der Waals surface area contributed by atoms with Crippen molar-refractivity contribution in [2.24, 2.45) is 5.92 Å². The number of piperidine rings is 1. The lowest BCUT2D eigenvalue weighted by molar-refractivity contribution is 0.0783. The Morgan fingerprint density at radius 3 is 2.94 bits per heavy atom. The highest BCUT2D eigenvalue weighted by atomic mass is 16.5. The van der Waals surface area contributed by atoms with Gasteiger partial charge in [0, 0.05) is 19.1 Å². The van der Waals surface area contributed by atoms with Gasteiger partial charge in [0.2, 0.25) is 0 Å². The van der Waals surface area contributed by atoms with Gasteiger partial charge in [0.05, 0.1) is 5.69 Å². The Labute approximate surface area is 107 Å². The molecule has 2 fully saturated rings. The minimum absolute atomic E-state index is 0.0717. The van der Waals surface area contributed by atoms with Crippen LogP contribution in [0.4, 0.5) is 0 Å². The van der Waals surface area contributed by atoms with Gasteiger partial charge in [-0.05, 0) is 39.2 Å². The Morgan fingerprint density at radius 2 is 2.28 bits per heavy atom. The summed E-state index contributed by atoms with van der Waals surface area (Å²) in [5.74, 6) is 1.31. The first-order valence-electron chi connectivity index (χ1n) is 6.62. The Kier molecular flexibility index (Phi) is 2.86. The van der Waals surface area contributed by atoms with Crippen molar-refractivity contribution in [3.05, 3.63) is 17.0 Å². The summed E-state index contributed by atoms with van der Waals surface area (Å²) in [7, 11) is 0. The van der Waals surface area contributed by atoms with Crippen LogP contribution in [0.5, 0.6) is 0 Å². The van der Waals surface area contributed by atoms with Gasteiger partial charge in [-0.2, -0.15) is 0 Å². The number of aromatic nitrogens is 1. The summed E-state index contributed by atoms with van der Waals surface area (Å²) in [4.78, 5) is 14.4. The largest absolute Gasteiger partial charge is 0.361 e. The van der Waals surface area contributed by atoms with Crippen LogP contribution in [0.1, 0.15) is 34.7 Å². The van der Waals surface area contributed by atoms with Crippen molar-refractivity contribution in [1.29, 1.82) is 0 Å². The minimum atomic E-state index is 0.0717. The maximum absolute atomic E-state index is 12.5. The van der Waals surface area contributed by atoms with Crippen molar-refractivity contribution in [2.45, 2.75) is 32.7 Å². The van der Waals surface area contributed by atoms with E-state index in [4.69, 9.17) is 4.52 Å². The molecule has 1 N–H and O–H groups in total. The van der Waals surface area contributed by atoms with Gasteiger partial charge in [0.25, 0.3) is 5.91 Å². The number of hydrogen-bond donors (Lipinski definition) is 1. The van der Waals surface area contributed by atoms with Gasteiger partial charge in [-0.1, -0.05) is 5.16 Å². The van der Waals surface area contributed by atoms with Gasteiger partial charge in [0.15, 0.2) is 0 Å². The molecular formula is C13H19N3O2. The lowest BCUT2D eigenvalue weighted by Gasteiger charge is -2.24. The van der Waals surface area contributed by atoms with E-state index in [1.54, 1.807) is 6.92 Å². The first-order chi connectivity index (χ1) is 8.66. The molecule has 2 saturated heterocycles. The zero-order chi connectivity index (χ0) is 12.7. The monoisotopic (exact) mass is 249 g/mol. The zero-order valence-electron chi connectivity index (χ0n) is 10.9. The normalized spacial score (nSPS) is 27.3. The molecule has 1 aromatic heterocycles. The molecule has 0 saturated carbocycles. The molecule has 0 radical (unpaired) electrons. The van der Waals surface area contributed by atoms with E-state index in [9.17, 15) is 4.79 Å². The summed E-state index contributed by atoms with van der Waals surface area (Å²) in [5.41, 5.74) is 1.34. The highest BCUT2D eigenvalue weighted by Gasteiger charge is 2.37. The van der Waals surface area contributed by atoms with Crippen molar-refractivity contribution in [3.8, 4) is 0 Å². The van der Waals surface area contributed by atoms with Crippen LogP contribution in [0.3, 0.4) is 0 Å². The highest BCUT2D eigenvalue weighted by Crippen LogP contribution is 2.27. The smallest absolute Gasteiger partial charge is 0.259 e. The van der Waals surface area contributed by atoms with Crippen LogP contribution in [0, 0.1) is 19.8 Å². The number of fused-ring (bicyclic) bond motifs is 1. The van der Waals surface area contributed by atoms with Crippen molar-refractivity contribution < 1.29 is 9.32 Å². The second kappa shape index (κ2) is 4.39. The molecule has 2 atom stereocenters. The third-order valence-electron chi connectivity index (χ3n) is 4.13. The Balaban J connectivity index is 1.78. The van der Waals surface area contributed by atoms with E-state index in [2.05, 4.69) is 10.5 Å². The standard InChI is InChI=1S/C13H19N3O2/c1-8-12(9(2)18-15-8)13(17)16-6-10-4-3-5-14-11(10)7-16/h10-11,14H,3-7H2,1-2H3/t10-,11+/m0/s1. The first-order valence-corrected chi connectivity index (χ1v) is 6.62. The fourth-order valence-electron chi connectivity index (χ4n) is 3.16. The van der Waals surface area contributed by atoms with Crippen LogP contribution in [0.15, 0.2) is 4.52 Å². The van der Waals surface area contributed by atoms with Crippen molar-refractivity contribution in [3.63, 3.8) is 0 Å². The highest BCUT2D eigenvalue weighted by molar-refractivity contribution is 5.96. The van der Waals surface area contributed by atoms with E-state index in [-0.39, 0.29) is 5.91 Å². The summed E-state index contributed by atoms with van der Waals surface area (Å²) in [5, 5.41) is 7.37. The molecule has 0 aromatic carbocycles. The number of amides is 1. The molecule has 98 valence electrons. The molecular weight excluding hydrogens is 230 g/mol. The number of carbonyl (C=O) groups excluding carboxylic acids is 1. The molecule has 3 rings (SSSR count). The van der Waals surface area contributed by atoms with E-state index in [1.807, 2.05) is 11.8 Å². The van der Waals surface area contributed by atoms with Gasteiger partial charge in [-0.25, -0.2) is 0 Å². The second-order valence-electron chi connectivity index (χ2n) is 5.37. The van der Waals surface area contributed by atoms with E-state index in [0.29, 0.717) is 29.0 Å². The molecule has 18 heavy (non-hydrogen) atoms. The number of nitrogens with one attached hydrogen (secondary N) is 1. The van der Waals surface area contributed by atoms with Gasteiger partial charge in [-0.3, -0.25) is 4.79 Å². The fourth-order valence-corrected chi connectivity index (χ4v) is 3.16. The molecule has 5 nitrogen and oxygen atoms in total. The van der Waals surface area contributed by atoms with Gasteiger partial charge in [-0.15, -0.1) is 0 Å². The molecule has 0 spiro atoms. The Hall–Kier alpha value is -1.36. The molecule has 2 aliphatic heterocycles. The van der Waals surface area contributed by atoms with Crippen molar-refractivity contribution in [2.75, 3.05) is 19.6 Å². The van der Waals surface area contributed by atoms with E-state index >= 15 is 0 Å². The molecule has 0 unspecified atom stereocenters. The Morgan fingerprint density at radius 1 is 1.44 bits per heavy atom. The van der Waals surface area contributed by atoms with Crippen LogP contribution in [0.25, 0.3) is 0 Å². The maximum Gasteiger partial charge on any atom is 0.259 e. The van der Waals surface area contributed by atoms with E-state index in [1.165, 1.54) is 12.8 Å². The fraction of sp³-hybridized carbons (Fsp3) is 0.692. The molecule has 0 aliphatic carbocycles. The lowest BCUT2D eigenvalue weighted by Crippen LogP contribution is -2.41. The summed E-state index contributed by atoms with van der Waals surface area (Å²) >= 11 is 0. The van der Waals surface area contributed by atoms with Gasteiger partial charge >= 0.3 is 0 Å². The number of nitrogens with zero attached hydrogens (tertiary/aromatic N) is 2. The quantitative estimate of drug-likeness (QED) is 0.810. The second-order valence-corrected chi connectivity index (χ2v) is 5.37.